The number of ether oxygens (including phenoxy) is 2. The van der Waals surface area contributed by atoms with E-state index in [1.165, 1.54) is 18.4 Å². The second kappa shape index (κ2) is 6.03. The highest BCUT2D eigenvalue weighted by atomic mass is 16.5. The molecule has 3 nitrogen and oxygen atoms in total. The molecule has 0 bridgehead atoms. The Kier molecular flexibility index (Phi) is 4.40. The fraction of sp³-hybridized carbons (Fsp3) is 0.571. The van der Waals surface area contributed by atoms with Crippen LogP contribution in [0.1, 0.15) is 31.4 Å². The monoisotopic (exact) mass is 235 g/mol. The van der Waals surface area contributed by atoms with Crippen LogP contribution in [0.4, 0.5) is 0 Å². The molecule has 0 spiro atoms. The molecule has 1 unspecified atom stereocenters. The Morgan fingerprint density at radius 3 is 2.76 bits per heavy atom. The summed E-state index contributed by atoms with van der Waals surface area (Å²) in [6, 6.07) is 8.56. The molecule has 2 rings (SSSR count). The zero-order valence-corrected chi connectivity index (χ0v) is 10.6. The second-order valence-corrected chi connectivity index (χ2v) is 4.54. The van der Waals surface area contributed by atoms with E-state index < -0.39 is 0 Å². The Morgan fingerprint density at radius 2 is 2.18 bits per heavy atom. The highest BCUT2D eigenvalue weighted by Gasteiger charge is 2.16. The first kappa shape index (κ1) is 12.4. The number of methoxy groups -OCH3 is 1. The highest BCUT2D eigenvalue weighted by molar-refractivity contribution is 5.28. The molecule has 1 aromatic rings. The van der Waals surface area contributed by atoms with Crippen LogP contribution in [0.15, 0.2) is 24.3 Å². The SMILES string of the molecule is COc1ccc([C@H](C)NCC2CCCO2)cc1. The van der Waals surface area contributed by atoms with Gasteiger partial charge in [-0.2, -0.15) is 0 Å². The molecule has 17 heavy (non-hydrogen) atoms. The van der Waals surface area contributed by atoms with Gasteiger partial charge in [0.15, 0.2) is 0 Å². The Labute approximate surface area is 103 Å². The first-order chi connectivity index (χ1) is 8.29. The van der Waals surface area contributed by atoms with E-state index in [0.717, 1.165) is 18.9 Å². The van der Waals surface area contributed by atoms with Gasteiger partial charge in [-0.3, -0.25) is 0 Å². The van der Waals surface area contributed by atoms with E-state index in [0.29, 0.717) is 12.1 Å². The van der Waals surface area contributed by atoms with E-state index >= 15 is 0 Å². The van der Waals surface area contributed by atoms with Gasteiger partial charge in [0.1, 0.15) is 5.75 Å². The van der Waals surface area contributed by atoms with E-state index in [1.54, 1.807) is 7.11 Å². The van der Waals surface area contributed by atoms with Crippen LogP contribution in [0.25, 0.3) is 0 Å². The second-order valence-electron chi connectivity index (χ2n) is 4.54. The molecule has 1 N–H and O–H groups in total. The van der Waals surface area contributed by atoms with E-state index in [-0.39, 0.29) is 0 Å². The predicted octanol–water partition coefficient (Wildman–Crippen LogP) is 2.52. The summed E-state index contributed by atoms with van der Waals surface area (Å²) in [5.41, 5.74) is 1.28. The van der Waals surface area contributed by atoms with Crippen LogP contribution in [0.3, 0.4) is 0 Å². The maximum absolute atomic E-state index is 5.59. The minimum absolute atomic E-state index is 0.352. The fourth-order valence-corrected chi connectivity index (χ4v) is 2.12. The molecule has 0 saturated carbocycles. The zero-order valence-electron chi connectivity index (χ0n) is 10.6. The van der Waals surface area contributed by atoms with Gasteiger partial charge in [-0.15, -0.1) is 0 Å². The van der Waals surface area contributed by atoms with Crippen molar-refractivity contribution in [1.29, 1.82) is 0 Å². The molecule has 1 aliphatic rings. The largest absolute Gasteiger partial charge is 0.497 e. The summed E-state index contributed by atoms with van der Waals surface area (Å²) in [5.74, 6) is 0.903. The van der Waals surface area contributed by atoms with Gasteiger partial charge in [-0.1, -0.05) is 12.1 Å². The number of benzene rings is 1. The van der Waals surface area contributed by atoms with E-state index in [2.05, 4.69) is 24.4 Å². The smallest absolute Gasteiger partial charge is 0.118 e. The minimum atomic E-state index is 0.352. The average Bonchev–Trinajstić information content (AvgIpc) is 2.89. The first-order valence-electron chi connectivity index (χ1n) is 6.28. The summed E-state index contributed by atoms with van der Waals surface area (Å²) < 4.78 is 10.7. The van der Waals surface area contributed by atoms with Gasteiger partial charge in [0.2, 0.25) is 0 Å². The number of nitrogens with one attached hydrogen (secondary N) is 1. The summed E-state index contributed by atoms with van der Waals surface area (Å²) >= 11 is 0. The number of hydrogen-bond donors (Lipinski definition) is 1. The van der Waals surface area contributed by atoms with Crippen molar-refractivity contribution in [2.24, 2.45) is 0 Å². The Morgan fingerprint density at radius 1 is 1.41 bits per heavy atom. The molecule has 1 aliphatic heterocycles. The molecular formula is C14H21NO2. The van der Waals surface area contributed by atoms with Crippen molar-refractivity contribution in [2.45, 2.75) is 31.9 Å². The molecule has 3 heteroatoms. The normalized spacial score (nSPS) is 21.4. The quantitative estimate of drug-likeness (QED) is 0.850. The van der Waals surface area contributed by atoms with Crippen LogP contribution in [-0.2, 0) is 4.74 Å². The molecule has 94 valence electrons. The topological polar surface area (TPSA) is 30.5 Å². The number of hydrogen-bond acceptors (Lipinski definition) is 3. The molecule has 0 radical (unpaired) electrons. The van der Waals surface area contributed by atoms with Crippen LogP contribution in [0.2, 0.25) is 0 Å². The van der Waals surface area contributed by atoms with Crippen molar-refractivity contribution in [3.05, 3.63) is 29.8 Å². The van der Waals surface area contributed by atoms with Crippen molar-refractivity contribution in [3.63, 3.8) is 0 Å². The lowest BCUT2D eigenvalue weighted by Gasteiger charge is -2.17. The molecule has 1 aromatic carbocycles. The van der Waals surface area contributed by atoms with E-state index in [9.17, 15) is 0 Å². The van der Waals surface area contributed by atoms with Crippen molar-refractivity contribution in [2.75, 3.05) is 20.3 Å². The molecule has 1 saturated heterocycles. The number of rotatable bonds is 5. The molecule has 1 fully saturated rings. The van der Waals surface area contributed by atoms with Gasteiger partial charge in [0.05, 0.1) is 13.2 Å². The molecule has 2 atom stereocenters. The van der Waals surface area contributed by atoms with Crippen LogP contribution in [-0.4, -0.2) is 26.4 Å². The van der Waals surface area contributed by atoms with Gasteiger partial charge in [0.25, 0.3) is 0 Å². The van der Waals surface area contributed by atoms with E-state index in [1.807, 2.05) is 12.1 Å². The summed E-state index contributed by atoms with van der Waals surface area (Å²) in [6.07, 6.45) is 2.78. The third-order valence-corrected chi connectivity index (χ3v) is 3.29. The van der Waals surface area contributed by atoms with Crippen molar-refractivity contribution in [3.8, 4) is 5.75 Å². The fourth-order valence-electron chi connectivity index (χ4n) is 2.12. The molecular weight excluding hydrogens is 214 g/mol. The summed E-state index contributed by atoms with van der Waals surface area (Å²) in [7, 11) is 1.69. The van der Waals surface area contributed by atoms with Gasteiger partial charge < -0.3 is 14.8 Å². The van der Waals surface area contributed by atoms with Crippen LogP contribution in [0.5, 0.6) is 5.75 Å². The van der Waals surface area contributed by atoms with Crippen LogP contribution < -0.4 is 10.1 Å². The third kappa shape index (κ3) is 3.45. The van der Waals surface area contributed by atoms with E-state index in [4.69, 9.17) is 9.47 Å². The molecule has 0 amide bonds. The molecule has 0 aromatic heterocycles. The summed E-state index contributed by atoms with van der Waals surface area (Å²) in [5, 5.41) is 3.51. The third-order valence-electron chi connectivity index (χ3n) is 3.29. The summed E-state index contributed by atoms with van der Waals surface area (Å²) in [6.45, 7) is 4.03. The van der Waals surface area contributed by atoms with Gasteiger partial charge in [-0.25, -0.2) is 0 Å². The van der Waals surface area contributed by atoms with Gasteiger partial charge >= 0.3 is 0 Å². The maximum Gasteiger partial charge on any atom is 0.118 e. The maximum atomic E-state index is 5.59. The Hall–Kier alpha value is -1.06. The lowest BCUT2D eigenvalue weighted by Crippen LogP contribution is -2.28. The van der Waals surface area contributed by atoms with Crippen molar-refractivity contribution in [1.82, 2.24) is 5.32 Å². The average molecular weight is 235 g/mol. The van der Waals surface area contributed by atoms with Crippen LogP contribution in [0, 0.1) is 0 Å². The highest BCUT2D eigenvalue weighted by Crippen LogP contribution is 2.18. The Balaban J connectivity index is 1.83. The lowest BCUT2D eigenvalue weighted by atomic mass is 10.1. The van der Waals surface area contributed by atoms with Crippen LogP contribution >= 0.6 is 0 Å². The zero-order chi connectivity index (χ0) is 12.1. The minimum Gasteiger partial charge on any atom is -0.497 e. The molecule has 0 aliphatic carbocycles. The summed E-state index contributed by atoms with van der Waals surface area (Å²) in [4.78, 5) is 0. The first-order valence-corrected chi connectivity index (χ1v) is 6.28. The van der Waals surface area contributed by atoms with Gasteiger partial charge in [-0.05, 0) is 37.5 Å². The standard InChI is InChI=1S/C14H21NO2/c1-11(15-10-14-4-3-9-17-14)12-5-7-13(16-2)8-6-12/h5-8,11,14-15H,3-4,9-10H2,1-2H3/t11-,14?/m0/s1. The predicted molar refractivity (Wildman–Crippen MR) is 68.4 cm³/mol. The van der Waals surface area contributed by atoms with Crippen molar-refractivity contribution >= 4 is 0 Å². The molecule has 1 heterocycles. The van der Waals surface area contributed by atoms with Crippen molar-refractivity contribution < 1.29 is 9.47 Å². The lowest BCUT2D eigenvalue weighted by molar-refractivity contribution is 0.108. The van der Waals surface area contributed by atoms with Gasteiger partial charge in [0, 0.05) is 19.2 Å². The Bertz CT molecular complexity index is 331.